The van der Waals surface area contributed by atoms with Crippen LogP contribution in [0.15, 0.2) is 48.0 Å². The van der Waals surface area contributed by atoms with Gasteiger partial charge in [0.25, 0.3) is 11.7 Å². The van der Waals surface area contributed by atoms with Crippen molar-refractivity contribution in [3.8, 4) is 11.5 Å². The first-order valence-corrected chi connectivity index (χ1v) is 9.95. The smallest absolute Gasteiger partial charge is 0.295 e. The Morgan fingerprint density at radius 3 is 2.45 bits per heavy atom. The standard InChI is InChI=1S/C23H23FN2O5/c1-25(2)9-10-26-20(14-3-6-16(24)7-4-14)19(22(28)23(26)29)21(27)15-5-8-17-18(13-15)31-12-11-30-17/h3-8,13,20,27H,9-12H2,1-2H3/b21-19-. The van der Waals surface area contributed by atoms with Crippen LogP contribution in [0.1, 0.15) is 17.2 Å². The van der Waals surface area contributed by atoms with E-state index >= 15 is 0 Å². The minimum absolute atomic E-state index is 0.0351. The molecule has 2 aliphatic rings. The van der Waals surface area contributed by atoms with E-state index in [1.807, 2.05) is 19.0 Å². The largest absolute Gasteiger partial charge is 0.507 e. The van der Waals surface area contributed by atoms with Crippen LogP contribution >= 0.6 is 0 Å². The predicted octanol–water partition coefficient (Wildman–Crippen LogP) is 2.58. The summed E-state index contributed by atoms with van der Waals surface area (Å²) in [5.74, 6) is -1.21. The SMILES string of the molecule is CN(C)CCN1C(=O)C(=O)/C(=C(\O)c2ccc3c(c2)OCCO3)C1c1ccc(F)cc1. The van der Waals surface area contributed by atoms with Gasteiger partial charge in [0.15, 0.2) is 11.5 Å². The Kier molecular flexibility index (Phi) is 5.65. The summed E-state index contributed by atoms with van der Waals surface area (Å²) in [7, 11) is 3.72. The molecule has 8 heteroatoms. The van der Waals surface area contributed by atoms with Gasteiger partial charge in [0.2, 0.25) is 0 Å². The zero-order chi connectivity index (χ0) is 22.1. The zero-order valence-corrected chi connectivity index (χ0v) is 17.3. The number of ether oxygens (including phenoxy) is 2. The van der Waals surface area contributed by atoms with Crippen molar-refractivity contribution in [3.05, 3.63) is 65.0 Å². The van der Waals surface area contributed by atoms with Gasteiger partial charge in [0.1, 0.15) is 24.8 Å². The molecule has 2 heterocycles. The molecule has 1 unspecified atom stereocenters. The normalized spacial score (nSPS) is 19.9. The van der Waals surface area contributed by atoms with Gasteiger partial charge in [-0.15, -0.1) is 0 Å². The summed E-state index contributed by atoms with van der Waals surface area (Å²) in [5.41, 5.74) is 0.840. The summed E-state index contributed by atoms with van der Waals surface area (Å²) < 4.78 is 24.6. The minimum atomic E-state index is -0.825. The first kappa shape index (κ1) is 20.9. The Morgan fingerprint density at radius 1 is 1.10 bits per heavy atom. The number of ketones is 1. The number of fused-ring (bicyclic) bond motifs is 1. The Bertz CT molecular complexity index is 1050. The highest BCUT2D eigenvalue weighted by molar-refractivity contribution is 6.46. The van der Waals surface area contributed by atoms with Crippen molar-refractivity contribution in [1.29, 1.82) is 0 Å². The van der Waals surface area contributed by atoms with Gasteiger partial charge in [0.05, 0.1) is 11.6 Å². The molecule has 1 fully saturated rings. The van der Waals surface area contributed by atoms with E-state index in [1.165, 1.54) is 29.2 Å². The number of benzene rings is 2. The molecular formula is C23H23FN2O5. The highest BCUT2D eigenvalue weighted by Gasteiger charge is 2.46. The molecule has 2 aromatic rings. The third kappa shape index (κ3) is 3.98. The molecule has 1 amide bonds. The number of Topliss-reactive ketones (excluding diaryl/α,β-unsaturated/α-hetero) is 1. The Balaban J connectivity index is 1.81. The summed E-state index contributed by atoms with van der Waals surface area (Å²) in [5, 5.41) is 11.1. The fourth-order valence-corrected chi connectivity index (χ4v) is 3.76. The summed E-state index contributed by atoms with van der Waals surface area (Å²) in [6, 6.07) is 9.59. The first-order valence-electron chi connectivity index (χ1n) is 9.95. The van der Waals surface area contributed by atoms with E-state index in [2.05, 4.69) is 0 Å². The fraction of sp³-hybridized carbons (Fsp3) is 0.304. The molecule has 0 aliphatic carbocycles. The van der Waals surface area contributed by atoms with Crippen molar-refractivity contribution in [3.63, 3.8) is 0 Å². The highest BCUT2D eigenvalue weighted by atomic mass is 19.1. The maximum absolute atomic E-state index is 13.5. The quantitative estimate of drug-likeness (QED) is 0.450. The van der Waals surface area contributed by atoms with E-state index in [4.69, 9.17) is 9.47 Å². The molecule has 1 atom stereocenters. The average Bonchev–Trinajstić information content (AvgIpc) is 3.02. The average molecular weight is 426 g/mol. The van der Waals surface area contributed by atoms with Gasteiger partial charge in [-0.1, -0.05) is 12.1 Å². The number of amides is 1. The van der Waals surface area contributed by atoms with Gasteiger partial charge in [0, 0.05) is 18.7 Å². The van der Waals surface area contributed by atoms with E-state index in [-0.39, 0.29) is 17.9 Å². The second-order valence-electron chi connectivity index (χ2n) is 7.71. The van der Waals surface area contributed by atoms with Crippen LogP contribution in [0.3, 0.4) is 0 Å². The summed E-state index contributed by atoms with van der Waals surface area (Å²) in [4.78, 5) is 29.1. The van der Waals surface area contributed by atoms with E-state index < -0.39 is 23.5 Å². The maximum atomic E-state index is 13.5. The van der Waals surface area contributed by atoms with Crippen LogP contribution < -0.4 is 9.47 Å². The second-order valence-corrected chi connectivity index (χ2v) is 7.71. The van der Waals surface area contributed by atoms with Gasteiger partial charge in [-0.2, -0.15) is 0 Å². The number of likely N-dealkylation sites (N-methyl/N-ethyl adjacent to an activating group) is 1. The summed E-state index contributed by atoms with van der Waals surface area (Å²) in [6.07, 6.45) is 0. The van der Waals surface area contributed by atoms with Gasteiger partial charge < -0.3 is 24.4 Å². The zero-order valence-electron chi connectivity index (χ0n) is 17.3. The summed E-state index contributed by atoms with van der Waals surface area (Å²) >= 11 is 0. The highest BCUT2D eigenvalue weighted by Crippen LogP contribution is 2.41. The van der Waals surface area contributed by atoms with Crippen molar-refractivity contribution < 1.29 is 28.6 Å². The monoisotopic (exact) mass is 426 g/mol. The van der Waals surface area contributed by atoms with E-state index in [9.17, 15) is 19.1 Å². The van der Waals surface area contributed by atoms with Crippen molar-refractivity contribution in [2.75, 3.05) is 40.4 Å². The number of aliphatic hydroxyl groups is 1. The first-order chi connectivity index (χ1) is 14.9. The Hall–Kier alpha value is -3.39. The third-order valence-electron chi connectivity index (χ3n) is 5.33. The van der Waals surface area contributed by atoms with Crippen LogP contribution in [-0.4, -0.2) is 67.0 Å². The van der Waals surface area contributed by atoms with Gasteiger partial charge >= 0.3 is 0 Å². The van der Waals surface area contributed by atoms with Crippen LogP contribution in [0.5, 0.6) is 11.5 Å². The molecule has 0 spiro atoms. The van der Waals surface area contributed by atoms with Crippen molar-refractivity contribution in [2.45, 2.75) is 6.04 Å². The van der Waals surface area contributed by atoms with Crippen LogP contribution in [0.4, 0.5) is 4.39 Å². The molecule has 1 saturated heterocycles. The molecule has 31 heavy (non-hydrogen) atoms. The molecular weight excluding hydrogens is 403 g/mol. The number of hydrogen-bond acceptors (Lipinski definition) is 6. The summed E-state index contributed by atoms with van der Waals surface area (Å²) in [6.45, 7) is 1.61. The number of halogens is 1. The molecule has 1 N–H and O–H groups in total. The lowest BCUT2D eigenvalue weighted by Crippen LogP contribution is -2.35. The minimum Gasteiger partial charge on any atom is -0.507 e. The topological polar surface area (TPSA) is 79.3 Å². The number of aliphatic hydroxyl groups excluding tert-OH is 1. The lowest BCUT2D eigenvalue weighted by molar-refractivity contribution is -0.140. The molecule has 7 nitrogen and oxygen atoms in total. The number of carbonyl (C=O) groups is 2. The van der Waals surface area contributed by atoms with Gasteiger partial charge in [-0.3, -0.25) is 9.59 Å². The molecule has 0 bridgehead atoms. The predicted molar refractivity (Wildman–Crippen MR) is 111 cm³/mol. The lowest BCUT2D eigenvalue weighted by Gasteiger charge is -2.26. The Morgan fingerprint density at radius 2 is 1.77 bits per heavy atom. The fourth-order valence-electron chi connectivity index (χ4n) is 3.76. The molecule has 0 saturated carbocycles. The van der Waals surface area contributed by atoms with Crippen molar-refractivity contribution in [2.24, 2.45) is 0 Å². The van der Waals surface area contributed by atoms with Gasteiger partial charge in [-0.05, 0) is 50.0 Å². The molecule has 4 rings (SSSR count). The van der Waals surface area contributed by atoms with Crippen molar-refractivity contribution in [1.82, 2.24) is 9.80 Å². The number of likely N-dealkylation sites (tertiary alicyclic amines) is 1. The second kappa shape index (κ2) is 8.39. The van der Waals surface area contributed by atoms with Gasteiger partial charge in [-0.25, -0.2) is 4.39 Å². The van der Waals surface area contributed by atoms with E-state index in [0.717, 1.165) is 0 Å². The van der Waals surface area contributed by atoms with Crippen LogP contribution in [0.25, 0.3) is 5.76 Å². The van der Waals surface area contributed by atoms with Crippen LogP contribution in [-0.2, 0) is 9.59 Å². The molecule has 0 radical (unpaired) electrons. The lowest BCUT2D eigenvalue weighted by atomic mass is 9.95. The van der Waals surface area contributed by atoms with E-state index in [1.54, 1.807) is 18.2 Å². The molecule has 0 aromatic heterocycles. The number of carbonyl (C=O) groups excluding carboxylic acids is 2. The Labute approximate surface area is 179 Å². The van der Waals surface area contributed by atoms with Crippen LogP contribution in [0, 0.1) is 5.82 Å². The van der Waals surface area contributed by atoms with Crippen molar-refractivity contribution >= 4 is 17.4 Å². The number of hydrogen-bond donors (Lipinski definition) is 1. The molecule has 2 aliphatic heterocycles. The third-order valence-corrected chi connectivity index (χ3v) is 5.33. The number of nitrogens with zero attached hydrogens (tertiary/aromatic N) is 2. The molecule has 2 aromatic carbocycles. The van der Waals surface area contributed by atoms with E-state index in [0.29, 0.717) is 42.4 Å². The van der Waals surface area contributed by atoms with Crippen LogP contribution in [0.2, 0.25) is 0 Å². The maximum Gasteiger partial charge on any atom is 0.295 e. The number of rotatable bonds is 5. The molecule has 162 valence electrons.